The van der Waals surface area contributed by atoms with Gasteiger partial charge >= 0.3 is 0 Å². The molecule has 1 fully saturated rings. The number of carbonyl (C=O) groups excluding carboxylic acids is 1. The lowest BCUT2D eigenvalue weighted by molar-refractivity contribution is -0.116. The lowest BCUT2D eigenvalue weighted by Gasteiger charge is -2.28. The molecule has 36 heavy (non-hydrogen) atoms. The Morgan fingerprint density at radius 3 is 2.56 bits per heavy atom. The summed E-state index contributed by atoms with van der Waals surface area (Å²) in [4.78, 5) is 15.8. The standard InChI is InChI=1S/C30H44N2O4/c1-6-7-8-9-23(25-12-11-24(33)20-28(25)35-5)19-29(34)31-27-18-22(10-13-26(27)30(2,3)4)21-32-14-16-36-17-15-32/h10-13,18,20,23,33H,6-9,14-17,19,21H2,1-5H3,(H,31,34). The molecular formula is C30H44N2O4. The van der Waals surface area contributed by atoms with Gasteiger partial charge in [0, 0.05) is 37.8 Å². The molecule has 1 aliphatic rings. The number of carbonyl (C=O) groups is 1. The van der Waals surface area contributed by atoms with E-state index in [-0.39, 0.29) is 23.0 Å². The van der Waals surface area contributed by atoms with Gasteiger partial charge in [-0.3, -0.25) is 9.69 Å². The van der Waals surface area contributed by atoms with Crippen LogP contribution < -0.4 is 10.1 Å². The van der Waals surface area contributed by atoms with Crippen LogP contribution >= 0.6 is 0 Å². The van der Waals surface area contributed by atoms with Crippen LogP contribution in [0.5, 0.6) is 11.5 Å². The van der Waals surface area contributed by atoms with E-state index in [0.717, 1.165) is 75.3 Å². The van der Waals surface area contributed by atoms with E-state index in [1.54, 1.807) is 19.2 Å². The number of methoxy groups -OCH3 is 1. The molecule has 0 saturated carbocycles. The topological polar surface area (TPSA) is 71.0 Å². The predicted molar refractivity (Wildman–Crippen MR) is 146 cm³/mol. The number of benzene rings is 2. The fraction of sp³-hybridized carbons (Fsp3) is 0.567. The van der Waals surface area contributed by atoms with E-state index in [1.165, 1.54) is 5.56 Å². The van der Waals surface area contributed by atoms with Gasteiger partial charge in [0.25, 0.3) is 0 Å². The number of morpholine rings is 1. The van der Waals surface area contributed by atoms with Crippen LogP contribution in [-0.2, 0) is 21.5 Å². The van der Waals surface area contributed by atoms with E-state index in [9.17, 15) is 9.90 Å². The molecular weight excluding hydrogens is 452 g/mol. The van der Waals surface area contributed by atoms with E-state index in [4.69, 9.17) is 9.47 Å². The molecule has 0 radical (unpaired) electrons. The molecule has 1 aliphatic heterocycles. The summed E-state index contributed by atoms with van der Waals surface area (Å²) in [5.74, 6) is 0.814. The summed E-state index contributed by atoms with van der Waals surface area (Å²) in [7, 11) is 1.61. The first kappa shape index (κ1) is 28.0. The SMILES string of the molecule is CCCCCC(CC(=O)Nc1cc(CN2CCOCC2)ccc1C(C)(C)C)c1ccc(O)cc1OC. The third kappa shape index (κ3) is 7.97. The Bertz CT molecular complexity index is 993. The molecule has 1 amide bonds. The van der Waals surface area contributed by atoms with Crippen molar-refractivity contribution >= 4 is 11.6 Å². The molecule has 1 atom stereocenters. The molecule has 2 aromatic rings. The van der Waals surface area contributed by atoms with Crippen LogP contribution in [0.4, 0.5) is 5.69 Å². The Hall–Kier alpha value is -2.57. The van der Waals surface area contributed by atoms with Crippen LogP contribution in [0.3, 0.4) is 0 Å². The number of anilines is 1. The summed E-state index contributed by atoms with van der Waals surface area (Å²) in [6.45, 7) is 12.9. The first-order valence-corrected chi connectivity index (χ1v) is 13.3. The van der Waals surface area contributed by atoms with Crippen LogP contribution in [0, 0.1) is 0 Å². The number of phenols is 1. The Balaban J connectivity index is 1.81. The van der Waals surface area contributed by atoms with Gasteiger partial charge in [0.1, 0.15) is 11.5 Å². The number of hydrogen-bond donors (Lipinski definition) is 2. The second-order valence-corrected chi connectivity index (χ2v) is 10.9. The van der Waals surface area contributed by atoms with Gasteiger partial charge in [0.15, 0.2) is 0 Å². The van der Waals surface area contributed by atoms with Gasteiger partial charge in [-0.2, -0.15) is 0 Å². The molecule has 1 unspecified atom stereocenters. The van der Waals surface area contributed by atoms with Crippen molar-refractivity contribution in [1.29, 1.82) is 0 Å². The summed E-state index contributed by atoms with van der Waals surface area (Å²) in [6.07, 6.45) is 4.54. The number of amides is 1. The molecule has 0 spiro atoms. The fourth-order valence-corrected chi connectivity index (χ4v) is 4.94. The maximum atomic E-state index is 13.4. The minimum absolute atomic E-state index is 0.000601. The van der Waals surface area contributed by atoms with Crippen molar-refractivity contribution in [3.8, 4) is 11.5 Å². The second kappa shape index (κ2) is 13.1. The average Bonchev–Trinajstić information content (AvgIpc) is 2.83. The second-order valence-electron chi connectivity index (χ2n) is 10.9. The number of phenolic OH excluding ortho intramolecular Hbond substituents is 1. The van der Waals surface area contributed by atoms with Crippen molar-refractivity contribution in [2.75, 3.05) is 38.7 Å². The first-order valence-electron chi connectivity index (χ1n) is 13.3. The van der Waals surface area contributed by atoms with E-state index < -0.39 is 0 Å². The zero-order valence-corrected chi connectivity index (χ0v) is 22.7. The molecule has 0 aliphatic carbocycles. The maximum absolute atomic E-state index is 13.4. The summed E-state index contributed by atoms with van der Waals surface area (Å²) in [5, 5.41) is 13.2. The van der Waals surface area contributed by atoms with Gasteiger partial charge < -0.3 is 19.9 Å². The highest BCUT2D eigenvalue weighted by molar-refractivity contribution is 5.92. The number of nitrogens with one attached hydrogen (secondary N) is 1. The molecule has 1 heterocycles. The lowest BCUT2D eigenvalue weighted by atomic mass is 9.84. The third-order valence-electron chi connectivity index (χ3n) is 6.92. The van der Waals surface area contributed by atoms with Gasteiger partial charge in [0.05, 0.1) is 20.3 Å². The van der Waals surface area contributed by atoms with Crippen LogP contribution in [-0.4, -0.2) is 49.3 Å². The molecule has 0 aromatic heterocycles. The van der Waals surface area contributed by atoms with Crippen LogP contribution in [0.25, 0.3) is 0 Å². The Morgan fingerprint density at radius 2 is 1.89 bits per heavy atom. The normalized spacial score (nSPS) is 15.5. The van der Waals surface area contributed by atoms with Gasteiger partial charge in [0.2, 0.25) is 5.91 Å². The van der Waals surface area contributed by atoms with Gasteiger partial charge in [-0.05, 0) is 46.6 Å². The van der Waals surface area contributed by atoms with Crippen molar-refractivity contribution in [1.82, 2.24) is 4.90 Å². The van der Waals surface area contributed by atoms with Gasteiger partial charge in [-0.15, -0.1) is 0 Å². The third-order valence-corrected chi connectivity index (χ3v) is 6.92. The summed E-state index contributed by atoms with van der Waals surface area (Å²) >= 11 is 0. The Kier molecular flexibility index (Phi) is 10.2. The van der Waals surface area contributed by atoms with E-state index >= 15 is 0 Å². The number of rotatable bonds is 11. The molecule has 2 aromatic carbocycles. The number of unbranched alkanes of at least 4 members (excludes halogenated alkanes) is 2. The summed E-state index contributed by atoms with van der Waals surface area (Å²) in [5.41, 5.74) is 4.09. The van der Waals surface area contributed by atoms with Crippen LogP contribution in [0.15, 0.2) is 36.4 Å². The Labute approximate surface area is 217 Å². The zero-order chi connectivity index (χ0) is 26.1. The monoisotopic (exact) mass is 496 g/mol. The Morgan fingerprint density at radius 1 is 1.14 bits per heavy atom. The van der Waals surface area contributed by atoms with Crippen LogP contribution in [0.1, 0.15) is 82.4 Å². The number of nitrogens with zero attached hydrogens (tertiary/aromatic N) is 1. The van der Waals surface area contributed by atoms with Gasteiger partial charge in [-0.25, -0.2) is 0 Å². The van der Waals surface area contributed by atoms with E-state index in [0.29, 0.717) is 12.2 Å². The van der Waals surface area contributed by atoms with E-state index in [2.05, 4.69) is 56.1 Å². The largest absolute Gasteiger partial charge is 0.508 e. The molecule has 3 rings (SSSR count). The molecule has 6 heteroatoms. The minimum atomic E-state index is -0.0964. The highest BCUT2D eigenvalue weighted by Gasteiger charge is 2.24. The smallest absolute Gasteiger partial charge is 0.224 e. The van der Waals surface area contributed by atoms with E-state index in [1.807, 2.05) is 6.07 Å². The van der Waals surface area contributed by atoms with Crippen molar-refractivity contribution in [3.63, 3.8) is 0 Å². The highest BCUT2D eigenvalue weighted by Crippen LogP contribution is 2.36. The highest BCUT2D eigenvalue weighted by atomic mass is 16.5. The average molecular weight is 497 g/mol. The number of ether oxygens (including phenoxy) is 2. The molecule has 1 saturated heterocycles. The summed E-state index contributed by atoms with van der Waals surface area (Å²) < 4.78 is 11.0. The maximum Gasteiger partial charge on any atom is 0.224 e. The van der Waals surface area contributed by atoms with Crippen molar-refractivity contribution in [2.24, 2.45) is 0 Å². The van der Waals surface area contributed by atoms with Gasteiger partial charge in [-0.1, -0.05) is 65.2 Å². The molecule has 6 nitrogen and oxygen atoms in total. The molecule has 0 bridgehead atoms. The zero-order valence-electron chi connectivity index (χ0n) is 22.7. The molecule has 198 valence electrons. The lowest BCUT2D eigenvalue weighted by Crippen LogP contribution is -2.35. The fourth-order valence-electron chi connectivity index (χ4n) is 4.94. The summed E-state index contributed by atoms with van der Waals surface area (Å²) in [6, 6.07) is 11.7. The van der Waals surface area contributed by atoms with Crippen LogP contribution in [0.2, 0.25) is 0 Å². The number of hydrogen-bond acceptors (Lipinski definition) is 5. The van der Waals surface area contributed by atoms with Crippen molar-refractivity contribution in [2.45, 2.75) is 77.7 Å². The quantitative estimate of drug-likeness (QED) is 0.361. The minimum Gasteiger partial charge on any atom is -0.508 e. The number of aromatic hydroxyl groups is 1. The predicted octanol–water partition coefficient (Wildman–Crippen LogP) is 6.22. The molecule has 2 N–H and O–H groups in total. The van der Waals surface area contributed by atoms with Crippen molar-refractivity contribution < 1.29 is 19.4 Å². The van der Waals surface area contributed by atoms with Crippen molar-refractivity contribution in [3.05, 3.63) is 53.1 Å². The first-order chi connectivity index (χ1) is 17.2.